The maximum absolute atomic E-state index is 11.3. The maximum Gasteiger partial charge on any atom is 0.192 e. The van der Waals surface area contributed by atoms with Crippen molar-refractivity contribution in [3.05, 3.63) is 35.9 Å². The summed E-state index contributed by atoms with van der Waals surface area (Å²) >= 11 is 3.73. The molecule has 1 unspecified atom stereocenters. The van der Waals surface area contributed by atoms with Crippen LogP contribution in [0.4, 0.5) is 0 Å². The Morgan fingerprint density at radius 2 is 1.71 bits per heavy atom. The van der Waals surface area contributed by atoms with Crippen LogP contribution < -0.4 is 0 Å². The molecule has 5 nitrogen and oxygen atoms in total. The zero-order valence-corrected chi connectivity index (χ0v) is 27.1. The molecule has 2 aliphatic rings. The van der Waals surface area contributed by atoms with Crippen molar-refractivity contribution in [3.8, 4) is 11.8 Å². The summed E-state index contributed by atoms with van der Waals surface area (Å²) in [7, 11) is -1.89. The number of alkyl halides is 1. The Morgan fingerprint density at radius 1 is 1.05 bits per heavy atom. The third-order valence-corrected chi connectivity index (χ3v) is 14.9. The molecule has 0 aliphatic carbocycles. The van der Waals surface area contributed by atoms with Crippen molar-refractivity contribution < 1.29 is 23.7 Å². The number of hydrogen-bond donors (Lipinski definition) is 1. The topological polar surface area (TPSA) is 57.2 Å². The van der Waals surface area contributed by atoms with Crippen LogP contribution in [0.15, 0.2) is 30.3 Å². The summed E-state index contributed by atoms with van der Waals surface area (Å²) in [4.78, 5) is 0.243. The number of rotatable bonds is 10. The normalized spacial score (nSPS) is 32.3. The van der Waals surface area contributed by atoms with Crippen molar-refractivity contribution in [2.24, 2.45) is 0 Å². The van der Waals surface area contributed by atoms with Gasteiger partial charge in [-0.15, -0.1) is 0 Å². The minimum Gasteiger partial charge on any atom is -0.410 e. The van der Waals surface area contributed by atoms with Crippen LogP contribution in [0.5, 0.6) is 0 Å². The lowest BCUT2D eigenvalue weighted by Gasteiger charge is -2.47. The van der Waals surface area contributed by atoms with E-state index in [1.165, 1.54) is 0 Å². The average Bonchev–Trinajstić information content (AvgIpc) is 2.90. The second-order valence-corrected chi connectivity index (χ2v) is 17.8. The third kappa shape index (κ3) is 7.72. The molecule has 0 amide bonds. The van der Waals surface area contributed by atoms with Gasteiger partial charge in [0.1, 0.15) is 11.7 Å². The molecular formula is C31H49BrO5Si. The van der Waals surface area contributed by atoms with Crippen LogP contribution in [-0.2, 0) is 25.2 Å². The van der Waals surface area contributed by atoms with Crippen molar-refractivity contribution in [1.29, 1.82) is 0 Å². The van der Waals surface area contributed by atoms with Gasteiger partial charge in [-0.1, -0.05) is 78.9 Å². The third-order valence-electron chi connectivity index (χ3n) is 8.70. The monoisotopic (exact) mass is 608 g/mol. The van der Waals surface area contributed by atoms with E-state index >= 15 is 0 Å². The van der Waals surface area contributed by atoms with Gasteiger partial charge in [0.25, 0.3) is 0 Å². The Labute approximate surface area is 240 Å². The minimum absolute atomic E-state index is 0.0782. The van der Waals surface area contributed by atoms with E-state index in [9.17, 15) is 5.11 Å². The summed E-state index contributed by atoms with van der Waals surface area (Å²) in [5.41, 5.74) is -0.817. The number of benzene rings is 1. The first-order valence-corrected chi connectivity index (χ1v) is 17.9. The molecule has 2 fully saturated rings. The van der Waals surface area contributed by atoms with Crippen molar-refractivity contribution in [2.45, 2.75) is 139 Å². The number of hydrogen-bond acceptors (Lipinski definition) is 5. The molecular weight excluding hydrogens is 560 g/mol. The second-order valence-electron chi connectivity index (χ2n) is 12.0. The number of ether oxygens (including phenoxy) is 3. The lowest BCUT2D eigenvalue weighted by atomic mass is 9.84. The standard InChI is InChI=1S/C31H49BrO5Si/c1-8-38(9-2,10-3)36-28-17-16-25(23-34-22-24-14-12-11-13-15-24)35-31(28,7)21-19-27(33)30(6)20-18-26(32)29(4,5)37-30/h11-15,25-28,33H,8-10,16-18,20,22-23H2,1-7H3/t25-,26-,27?,28-,30+,31+/m1/s1. The van der Waals surface area contributed by atoms with E-state index in [1.54, 1.807) is 0 Å². The molecule has 2 saturated heterocycles. The van der Waals surface area contributed by atoms with Gasteiger partial charge in [0, 0.05) is 4.83 Å². The van der Waals surface area contributed by atoms with E-state index in [0.29, 0.717) is 13.2 Å². The molecule has 3 rings (SSSR count). The van der Waals surface area contributed by atoms with E-state index in [2.05, 4.69) is 74.5 Å². The summed E-state index contributed by atoms with van der Waals surface area (Å²) in [5.74, 6) is 6.53. The second kappa shape index (κ2) is 13.3. The molecule has 7 heteroatoms. The van der Waals surface area contributed by atoms with Crippen LogP contribution >= 0.6 is 15.9 Å². The van der Waals surface area contributed by atoms with Gasteiger partial charge < -0.3 is 23.7 Å². The lowest BCUT2D eigenvalue weighted by molar-refractivity contribution is -0.192. The maximum atomic E-state index is 11.3. The summed E-state index contributed by atoms with van der Waals surface area (Å²) in [6.07, 6.45) is 2.23. The molecule has 1 aromatic rings. The van der Waals surface area contributed by atoms with Crippen LogP contribution in [0.1, 0.15) is 79.7 Å². The molecule has 2 aliphatic heterocycles. The predicted molar refractivity (Wildman–Crippen MR) is 160 cm³/mol. The lowest BCUT2D eigenvalue weighted by Crippen LogP contribution is -2.56. The van der Waals surface area contributed by atoms with Crippen molar-refractivity contribution in [2.75, 3.05) is 6.61 Å². The van der Waals surface area contributed by atoms with Gasteiger partial charge >= 0.3 is 0 Å². The van der Waals surface area contributed by atoms with Crippen LogP contribution in [0.25, 0.3) is 0 Å². The number of aliphatic hydroxyl groups excluding tert-OH is 1. The van der Waals surface area contributed by atoms with Crippen molar-refractivity contribution >= 4 is 24.2 Å². The zero-order chi connectivity index (χ0) is 28.0. The van der Waals surface area contributed by atoms with Gasteiger partial charge in [-0.3, -0.25) is 0 Å². The summed E-state index contributed by atoms with van der Waals surface area (Å²) in [5, 5.41) is 11.3. The molecule has 2 heterocycles. The van der Waals surface area contributed by atoms with Crippen LogP contribution in [0.2, 0.25) is 18.1 Å². The van der Waals surface area contributed by atoms with Crippen molar-refractivity contribution in [3.63, 3.8) is 0 Å². The van der Waals surface area contributed by atoms with Gasteiger partial charge in [-0.05, 0) is 77.1 Å². The summed E-state index contributed by atoms with van der Waals surface area (Å²) in [6, 6.07) is 13.4. The highest BCUT2D eigenvalue weighted by Crippen LogP contribution is 2.41. The first-order chi connectivity index (χ1) is 17.9. The van der Waals surface area contributed by atoms with Gasteiger partial charge in [0.2, 0.25) is 0 Å². The Hall–Kier alpha value is -0.723. The van der Waals surface area contributed by atoms with E-state index < -0.39 is 25.6 Å². The Kier molecular flexibility index (Phi) is 11.1. The van der Waals surface area contributed by atoms with Crippen LogP contribution in [0.3, 0.4) is 0 Å². The largest absolute Gasteiger partial charge is 0.410 e. The van der Waals surface area contributed by atoms with E-state index in [-0.39, 0.29) is 22.6 Å². The molecule has 214 valence electrons. The first kappa shape index (κ1) is 31.8. The summed E-state index contributed by atoms with van der Waals surface area (Å²) in [6.45, 7) is 15.9. The zero-order valence-electron chi connectivity index (χ0n) is 24.5. The molecule has 1 N–H and O–H groups in total. The van der Waals surface area contributed by atoms with Crippen LogP contribution in [-0.4, -0.2) is 60.0 Å². The first-order valence-electron chi connectivity index (χ1n) is 14.4. The average molecular weight is 610 g/mol. The van der Waals surface area contributed by atoms with Crippen molar-refractivity contribution in [1.82, 2.24) is 0 Å². The highest BCUT2D eigenvalue weighted by molar-refractivity contribution is 9.09. The van der Waals surface area contributed by atoms with E-state index in [0.717, 1.165) is 49.4 Å². The molecule has 38 heavy (non-hydrogen) atoms. The highest BCUT2D eigenvalue weighted by Gasteiger charge is 2.48. The highest BCUT2D eigenvalue weighted by atomic mass is 79.9. The van der Waals surface area contributed by atoms with Gasteiger partial charge in [0.05, 0.1) is 31.0 Å². The SMILES string of the molecule is CC[Si](CC)(CC)O[C@@H]1CC[C@H](COCc2ccccc2)O[C@@]1(C)C#CC(O)[C@]1(C)CC[C@@H](Br)C(C)(C)O1. The van der Waals surface area contributed by atoms with Gasteiger partial charge in [0.15, 0.2) is 13.9 Å². The molecule has 0 saturated carbocycles. The fourth-order valence-electron chi connectivity index (χ4n) is 5.71. The van der Waals surface area contributed by atoms with Crippen LogP contribution in [0, 0.1) is 11.8 Å². The molecule has 6 atom stereocenters. The Bertz CT molecular complexity index is 934. The molecule has 0 radical (unpaired) electrons. The number of halogens is 1. The molecule has 1 aromatic carbocycles. The molecule has 0 aromatic heterocycles. The van der Waals surface area contributed by atoms with Gasteiger partial charge in [-0.25, -0.2) is 0 Å². The fourth-order valence-corrected chi connectivity index (χ4v) is 8.98. The Balaban J connectivity index is 1.78. The predicted octanol–water partition coefficient (Wildman–Crippen LogP) is 7.01. The molecule has 0 spiro atoms. The Morgan fingerprint density at radius 3 is 2.32 bits per heavy atom. The smallest absolute Gasteiger partial charge is 0.192 e. The fraction of sp³-hybridized carbons (Fsp3) is 0.742. The summed E-state index contributed by atoms with van der Waals surface area (Å²) < 4.78 is 26.1. The van der Waals surface area contributed by atoms with E-state index in [1.807, 2.05) is 32.0 Å². The number of aliphatic hydroxyl groups is 1. The van der Waals surface area contributed by atoms with Gasteiger partial charge in [-0.2, -0.15) is 0 Å². The van der Waals surface area contributed by atoms with E-state index in [4.69, 9.17) is 18.6 Å². The molecule has 0 bridgehead atoms. The quantitative estimate of drug-likeness (QED) is 0.176. The minimum atomic E-state index is -1.89.